The molecule has 0 aliphatic rings. The number of nitrogens with zero attached hydrogens (tertiary/aromatic N) is 2. The number of rotatable bonds is 3. The fourth-order valence-corrected chi connectivity index (χ4v) is 1.19. The predicted octanol–water partition coefficient (Wildman–Crippen LogP) is 2.11. The van der Waals surface area contributed by atoms with Gasteiger partial charge in [-0.3, -0.25) is 0 Å². The molecule has 1 heterocycles. The van der Waals surface area contributed by atoms with E-state index in [1.165, 1.54) is 30.6 Å². The summed E-state index contributed by atoms with van der Waals surface area (Å²) in [5.74, 6) is -1.76. The molecule has 6 heteroatoms. The fraction of sp³-hybridized carbons (Fsp3) is 0. The van der Waals surface area contributed by atoms with Crippen LogP contribution in [-0.2, 0) is 0 Å². The smallest absolute Gasteiger partial charge is 0.360 e. The van der Waals surface area contributed by atoms with Crippen molar-refractivity contribution in [2.75, 3.05) is 0 Å². The van der Waals surface area contributed by atoms with E-state index in [4.69, 9.17) is 9.84 Å². The van der Waals surface area contributed by atoms with Crippen LogP contribution >= 0.6 is 0 Å². The van der Waals surface area contributed by atoms with Crippen molar-refractivity contribution in [1.82, 2.24) is 9.97 Å². The quantitative estimate of drug-likeness (QED) is 0.880. The third-order valence-electron chi connectivity index (χ3n) is 1.88. The van der Waals surface area contributed by atoms with Gasteiger partial charge in [0.1, 0.15) is 11.6 Å². The van der Waals surface area contributed by atoms with Gasteiger partial charge in [-0.2, -0.15) is 0 Å². The number of benzene rings is 1. The molecule has 1 aromatic heterocycles. The lowest BCUT2D eigenvalue weighted by Crippen LogP contribution is -2.04. The molecule has 0 radical (unpaired) electrons. The van der Waals surface area contributed by atoms with Crippen molar-refractivity contribution in [1.29, 1.82) is 0 Å². The molecule has 0 fully saturated rings. The number of aromatic carboxylic acids is 1. The van der Waals surface area contributed by atoms with Gasteiger partial charge in [-0.25, -0.2) is 19.2 Å². The zero-order valence-corrected chi connectivity index (χ0v) is 8.50. The summed E-state index contributed by atoms with van der Waals surface area (Å²) in [7, 11) is 0. The average molecular weight is 234 g/mol. The van der Waals surface area contributed by atoms with Gasteiger partial charge in [0.2, 0.25) is 5.69 Å². The number of hydrogen-bond acceptors (Lipinski definition) is 4. The lowest BCUT2D eigenvalue weighted by atomic mass is 10.3. The molecule has 1 N–H and O–H groups in total. The maximum atomic E-state index is 12.9. The van der Waals surface area contributed by atoms with Crippen molar-refractivity contribution in [3.63, 3.8) is 0 Å². The fourth-order valence-electron chi connectivity index (χ4n) is 1.19. The second-order valence-corrected chi connectivity index (χ2v) is 3.07. The molecule has 0 aliphatic heterocycles. The minimum absolute atomic E-state index is 0.160. The van der Waals surface area contributed by atoms with Crippen LogP contribution in [0.2, 0.25) is 0 Å². The Morgan fingerprint density at radius 2 is 2.06 bits per heavy atom. The Hall–Kier alpha value is -2.50. The van der Waals surface area contributed by atoms with Crippen LogP contribution in [0.1, 0.15) is 10.5 Å². The summed E-state index contributed by atoms with van der Waals surface area (Å²) >= 11 is 0. The highest BCUT2D eigenvalue weighted by Gasteiger charge is 2.14. The SMILES string of the molecule is O=C(O)c1nccnc1Oc1cccc(F)c1. The normalized spacial score (nSPS) is 9.94. The monoisotopic (exact) mass is 234 g/mol. The van der Waals surface area contributed by atoms with Gasteiger partial charge in [0.25, 0.3) is 5.88 Å². The molecule has 17 heavy (non-hydrogen) atoms. The lowest BCUT2D eigenvalue weighted by molar-refractivity contribution is 0.0686. The minimum atomic E-state index is -1.26. The minimum Gasteiger partial charge on any atom is -0.476 e. The summed E-state index contributed by atoms with van der Waals surface area (Å²) in [4.78, 5) is 18.2. The molecule has 0 spiro atoms. The van der Waals surface area contributed by atoms with E-state index in [0.29, 0.717) is 0 Å². The summed E-state index contributed by atoms with van der Waals surface area (Å²) < 4.78 is 18.1. The van der Waals surface area contributed by atoms with Crippen LogP contribution in [0.3, 0.4) is 0 Å². The van der Waals surface area contributed by atoms with Crippen molar-refractivity contribution in [2.45, 2.75) is 0 Å². The number of aromatic nitrogens is 2. The zero-order chi connectivity index (χ0) is 12.3. The Bertz CT molecular complexity index is 560. The second kappa shape index (κ2) is 4.56. The summed E-state index contributed by atoms with van der Waals surface area (Å²) in [6, 6.07) is 5.31. The third kappa shape index (κ3) is 2.54. The van der Waals surface area contributed by atoms with Gasteiger partial charge in [-0.15, -0.1) is 0 Å². The number of hydrogen-bond donors (Lipinski definition) is 1. The lowest BCUT2D eigenvalue weighted by Gasteiger charge is -2.05. The molecule has 5 nitrogen and oxygen atoms in total. The summed E-state index contributed by atoms with van der Waals surface area (Å²) in [6.07, 6.45) is 2.53. The van der Waals surface area contributed by atoms with Crippen molar-refractivity contribution in [3.05, 3.63) is 48.2 Å². The second-order valence-electron chi connectivity index (χ2n) is 3.07. The Balaban J connectivity index is 2.33. The summed E-state index contributed by atoms with van der Waals surface area (Å²) in [5, 5.41) is 8.84. The van der Waals surface area contributed by atoms with E-state index in [-0.39, 0.29) is 17.3 Å². The van der Waals surface area contributed by atoms with Crippen LogP contribution in [0.15, 0.2) is 36.7 Å². The average Bonchev–Trinajstić information content (AvgIpc) is 2.29. The van der Waals surface area contributed by atoms with Gasteiger partial charge in [-0.05, 0) is 12.1 Å². The molecule has 2 aromatic rings. The van der Waals surface area contributed by atoms with Crippen LogP contribution in [0.25, 0.3) is 0 Å². The standard InChI is InChI=1S/C11H7FN2O3/c12-7-2-1-3-8(6-7)17-10-9(11(15)16)13-4-5-14-10/h1-6H,(H,15,16). The van der Waals surface area contributed by atoms with Crippen LogP contribution < -0.4 is 4.74 Å². The first-order valence-electron chi connectivity index (χ1n) is 4.64. The van der Waals surface area contributed by atoms with E-state index in [0.717, 1.165) is 6.07 Å². The highest BCUT2D eigenvalue weighted by molar-refractivity contribution is 5.87. The molecule has 1 aromatic carbocycles. The molecule has 0 amide bonds. The summed E-state index contributed by atoms with van der Waals surface area (Å²) in [5.41, 5.74) is -0.322. The van der Waals surface area contributed by atoms with Crippen molar-refractivity contribution in [2.24, 2.45) is 0 Å². The van der Waals surface area contributed by atoms with Gasteiger partial charge >= 0.3 is 5.97 Å². The Labute approximate surface area is 95.5 Å². The number of halogens is 1. The van der Waals surface area contributed by atoms with Gasteiger partial charge in [-0.1, -0.05) is 6.07 Å². The first-order valence-corrected chi connectivity index (χ1v) is 4.64. The molecule has 2 rings (SSSR count). The van der Waals surface area contributed by atoms with Crippen LogP contribution in [0.4, 0.5) is 4.39 Å². The highest BCUT2D eigenvalue weighted by atomic mass is 19.1. The first kappa shape index (κ1) is 11.0. The number of ether oxygens (including phenoxy) is 1. The topological polar surface area (TPSA) is 72.3 Å². The third-order valence-corrected chi connectivity index (χ3v) is 1.88. The maximum Gasteiger partial charge on any atom is 0.360 e. The Kier molecular flexibility index (Phi) is 2.95. The molecule has 0 bridgehead atoms. The first-order chi connectivity index (χ1) is 8.16. The molecule has 0 saturated heterocycles. The van der Waals surface area contributed by atoms with E-state index in [9.17, 15) is 9.18 Å². The molecular weight excluding hydrogens is 227 g/mol. The van der Waals surface area contributed by atoms with Crippen molar-refractivity contribution >= 4 is 5.97 Å². The predicted molar refractivity (Wildman–Crippen MR) is 55.5 cm³/mol. The van der Waals surface area contributed by atoms with Gasteiger partial charge < -0.3 is 9.84 Å². The highest BCUT2D eigenvalue weighted by Crippen LogP contribution is 2.21. The Morgan fingerprint density at radius 3 is 2.76 bits per heavy atom. The number of carbonyl (C=O) groups is 1. The molecule has 86 valence electrons. The molecule has 0 saturated carbocycles. The van der Waals surface area contributed by atoms with E-state index in [1.54, 1.807) is 0 Å². The van der Waals surface area contributed by atoms with Crippen LogP contribution in [0.5, 0.6) is 11.6 Å². The Morgan fingerprint density at radius 1 is 1.29 bits per heavy atom. The molecule has 0 atom stereocenters. The van der Waals surface area contributed by atoms with E-state index >= 15 is 0 Å². The van der Waals surface area contributed by atoms with Crippen LogP contribution in [0, 0.1) is 5.82 Å². The van der Waals surface area contributed by atoms with Crippen molar-refractivity contribution < 1.29 is 19.0 Å². The number of carboxylic acid groups (broad SMARTS) is 1. The van der Waals surface area contributed by atoms with Gasteiger partial charge in [0.15, 0.2) is 0 Å². The van der Waals surface area contributed by atoms with E-state index in [2.05, 4.69) is 9.97 Å². The van der Waals surface area contributed by atoms with E-state index < -0.39 is 11.8 Å². The van der Waals surface area contributed by atoms with Crippen LogP contribution in [-0.4, -0.2) is 21.0 Å². The van der Waals surface area contributed by atoms with Gasteiger partial charge in [0, 0.05) is 18.5 Å². The maximum absolute atomic E-state index is 12.9. The zero-order valence-electron chi connectivity index (χ0n) is 8.50. The number of carboxylic acids is 1. The van der Waals surface area contributed by atoms with Gasteiger partial charge in [0.05, 0.1) is 0 Å². The van der Waals surface area contributed by atoms with Crippen molar-refractivity contribution in [3.8, 4) is 11.6 Å². The molecule has 0 unspecified atom stereocenters. The largest absolute Gasteiger partial charge is 0.476 e. The summed E-state index contributed by atoms with van der Waals surface area (Å²) in [6.45, 7) is 0. The molecular formula is C11H7FN2O3. The molecule has 0 aliphatic carbocycles. The van der Waals surface area contributed by atoms with E-state index in [1.807, 2.05) is 0 Å².